The van der Waals surface area contributed by atoms with E-state index < -0.39 is 0 Å². The Kier molecular flexibility index (Phi) is 3.16. The van der Waals surface area contributed by atoms with Gasteiger partial charge in [0.15, 0.2) is 5.15 Å². The molecular weight excluding hydrogens is 202 g/mol. The highest BCUT2D eigenvalue weighted by molar-refractivity contribution is 6.29. The topological polar surface area (TPSA) is 47.0 Å². The summed E-state index contributed by atoms with van der Waals surface area (Å²) in [5.74, 6) is 1.13. The fourth-order valence-electron chi connectivity index (χ4n) is 1.44. The van der Waals surface area contributed by atoms with Gasteiger partial charge in [0.2, 0.25) is 5.88 Å². The lowest BCUT2D eigenvalue weighted by Gasteiger charge is -2.08. The van der Waals surface area contributed by atoms with Crippen LogP contribution in [-0.4, -0.2) is 29.9 Å². The molecule has 4 nitrogen and oxygen atoms in total. The largest absolute Gasteiger partial charge is 0.476 e. The first-order valence-corrected chi connectivity index (χ1v) is 5.05. The van der Waals surface area contributed by atoms with Crippen LogP contribution >= 0.6 is 11.6 Å². The quantitative estimate of drug-likeness (QED) is 0.818. The molecule has 1 saturated heterocycles. The van der Waals surface area contributed by atoms with Crippen LogP contribution in [0.15, 0.2) is 12.1 Å². The Labute approximate surface area is 87.6 Å². The maximum atomic E-state index is 5.60. The predicted octanol–water partition coefficient (Wildman–Crippen LogP) is 1.12. The van der Waals surface area contributed by atoms with Crippen LogP contribution in [0.1, 0.15) is 6.42 Å². The summed E-state index contributed by atoms with van der Waals surface area (Å²) < 4.78 is 5.47. The summed E-state index contributed by atoms with van der Waals surface area (Å²) in [5, 5.41) is 11.2. The van der Waals surface area contributed by atoms with E-state index in [1.54, 1.807) is 12.1 Å². The number of rotatable bonds is 3. The molecule has 1 aromatic rings. The zero-order valence-electron chi connectivity index (χ0n) is 7.74. The first-order valence-electron chi connectivity index (χ1n) is 4.67. The predicted molar refractivity (Wildman–Crippen MR) is 53.5 cm³/mol. The Bertz CT molecular complexity index is 285. The van der Waals surface area contributed by atoms with E-state index in [2.05, 4.69) is 15.5 Å². The van der Waals surface area contributed by atoms with E-state index in [4.69, 9.17) is 16.3 Å². The van der Waals surface area contributed by atoms with Crippen LogP contribution < -0.4 is 10.1 Å². The van der Waals surface area contributed by atoms with Gasteiger partial charge in [0.05, 0.1) is 6.61 Å². The molecule has 76 valence electrons. The summed E-state index contributed by atoms with van der Waals surface area (Å²) in [5.41, 5.74) is 0. The number of nitrogens with one attached hydrogen (secondary N) is 1. The van der Waals surface area contributed by atoms with Gasteiger partial charge in [-0.3, -0.25) is 0 Å². The molecule has 1 fully saturated rings. The van der Waals surface area contributed by atoms with Gasteiger partial charge in [-0.15, -0.1) is 10.2 Å². The molecule has 0 unspecified atom stereocenters. The van der Waals surface area contributed by atoms with E-state index in [1.807, 2.05) is 0 Å². The monoisotopic (exact) mass is 213 g/mol. The first-order chi connectivity index (χ1) is 6.84. The van der Waals surface area contributed by atoms with Gasteiger partial charge in [-0.05, 0) is 19.0 Å². The van der Waals surface area contributed by atoms with Crippen molar-refractivity contribution in [2.75, 3.05) is 19.7 Å². The summed E-state index contributed by atoms with van der Waals surface area (Å²) in [4.78, 5) is 0. The van der Waals surface area contributed by atoms with Crippen molar-refractivity contribution in [2.24, 2.45) is 5.92 Å². The van der Waals surface area contributed by atoms with Crippen molar-refractivity contribution in [1.29, 1.82) is 0 Å². The van der Waals surface area contributed by atoms with Crippen LogP contribution in [0.2, 0.25) is 5.15 Å². The van der Waals surface area contributed by atoms with Gasteiger partial charge in [-0.25, -0.2) is 0 Å². The van der Waals surface area contributed by atoms with E-state index in [9.17, 15) is 0 Å². The van der Waals surface area contributed by atoms with Gasteiger partial charge < -0.3 is 10.1 Å². The normalized spacial score (nSPS) is 21.1. The van der Waals surface area contributed by atoms with Crippen LogP contribution in [0.3, 0.4) is 0 Å². The average molecular weight is 214 g/mol. The smallest absolute Gasteiger partial charge is 0.233 e. The highest BCUT2D eigenvalue weighted by Gasteiger charge is 2.14. The van der Waals surface area contributed by atoms with Crippen molar-refractivity contribution in [3.63, 3.8) is 0 Å². The second-order valence-corrected chi connectivity index (χ2v) is 3.75. The molecule has 1 atom stereocenters. The van der Waals surface area contributed by atoms with E-state index in [0.717, 1.165) is 13.1 Å². The maximum Gasteiger partial charge on any atom is 0.233 e. The lowest BCUT2D eigenvalue weighted by atomic mass is 10.1. The van der Waals surface area contributed by atoms with Crippen molar-refractivity contribution >= 4 is 11.6 Å². The molecule has 5 heteroatoms. The number of nitrogens with zero attached hydrogens (tertiary/aromatic N) is 2. The fraction of sp³-hybridized carbons (Fsp3) is 0.556. The number of hydrogen-bond acceptors (Lipinski definition) is 4. The van der Waals surface area contributed by atoms with E-state index >= 15 is 0 Å². The minimum Gasteiger partial charge on any atom is -0.476 e. The van der Waals surface area contributed by atoms with Gasteiger partial charge >= 0.3 is 0 Å². The van der Waals surface area contributed by atoms with Crippen LogP contribution in [-0.2, 0) is 0 Å². The van der Waals surface area contributed by atoms with E-state index in [0.29, 0.717) is 23.6 Å². The molecular formula is C9H12ClN3O. The zero-order chi connectivity index (χ0) is 9.80. The van der Waals surface area contributed by atoms with Gasteiger partial charge in [0.25, 0.3) is 0 Å². The molecule has 14 heavy (non-hydrogen) atoms. The third-order valence-electron chi connectivity index (χ3n) is 2.24. The standard InChI is InChI=1S/C9H12ClN3O/c10-8-1-2-9(13-12-8)14-6-7-3-4-11-5-7/h1-2,7,11H,3-6H2/t7-/m1/s1. The Morgan fingerprint density at radius 2 is 2.43 bits per heavy atom. The zero-order valence-corrected chi connectivity index (χ0v) is 8.50. The molecule has 1 aromatic heterocycles. The van der Waals surface area contributed by atoms with E-state index in [-0.39, 0.29) is 0 Å². The second-order valence-electron chi connectivity index (χ2n) is 3.36. The Morgan fingerprint density at radius 1 is 1.50 bits per heavy atom. The van der Waals surface area contributed by atoms with Crippen molar-refractivity contribution < 1.29 is 4.74 Å². The molecule has 0 aliphatic carbocycles. The molecule has 0 saturated carbocycles. The summed E-state index contributed by atoms with van der Waals surface area (Å²) in [6, 6.07) is 3.41. The van der Waals surface area contributed by atoms with Crippen molar-refractivity contribution in [3.8, 4) is 5.88 Å². The fourth-order valence-corrected chi connectivity index (χ4v) is 1.54. The lowest BCUT2D eigenvalue weighted by Crippen LogP contribution is -2.15. The summed E-state index contributed by atoms with van der Waals surface area (Å²) >= 11 is 5.60. The van der Waals surface area contributed by atoms with Crippen molar-refractivity contribution in [2.45, 2.75) is 6.42 Å². The molecule has 2 heterocycles. The van der Waals surface area contributed by atoms with Gasteiger partial charge in [-0.2, -0.15) is 0 Å². The molecule has 1 N–H and O–H groups in total. The van der Waals surface area contributed by atoms with Crippen LogP contribution in [0.5, 0.6) is 5.88 Å². The lowest BCUT2D eigenvalue weighted by molar-refractivity contribution is 0.248. The second kappa shape index (κ2) is 4.57. The molecule has 0 aromatic carbocycles. The van der Waals surface area contributed by atoms with Crippen molar-refractivity contribution in [1.82, 2.24) is 15.5 Å². The molecule has 0 bridgehead atoms. The Balaban J connectivity index is 1.82. The molecule has 0 radical (unpaired) electrons. The SMILES string of the molecule is Clc1ccc(OC[C@@H]2CCNC2)nn1. The first kappa shape index (κ1) is 9.68. The Morgan fingerprint density at radius 3 is 3.07 bits per heavy atom. The summed E-state index contributed by atoms with van der Waals surface area (Å²) in [7, 11) is 0. The summed E-state index contributed by atoms with van der Waals surface area (Å²) in [6.07, 6.45) is 1.17. The van der Waals surface area contributed by atoms with Crippen LogP contribution in [0.25, 0.3) is 0 Å². The Hall–Kier alpha value is -0.870. The number of ether oxygens (including phenoxy) is 1. The number of hydrogen-bond donors (Lipinski definition) is 1. The minimum absolute atomic E-state index is 0.389. The third-order valence-corrected chi connectivity index (χ3v) is 2.44. The molecule has 0 amide bonds. The number of halogens is 1. The van der Waals surface area contributed by atoms with Gasteiger partial charge in [-0.1, -0.05) is 11.6 Å². The molecule has 2 rings (SSSR count). The number of aromatic nitrogens is 2. The highest BCUT2D eigenvalue weighted by Crippen LogP contribution is 2.12. The maximum absolute atomic E-state index is 5.60. The van der Waals surface area contributed by atoms with Crippen LogP contribution in [0.4, 0.5) is 0 Å². The van der Waals surface area contributed by atoms with Crippen molar-refractivity contribution in [3.05, 3.63) is 17.3 Å². The molecule has 1 aliphatic heterocycles. The van der Waals surface area contributed by atoms with E-state index in [1.165, 1.54) is 6.42 Å². The third kappa shape index (κ3) is 2.56. The van der Waals surface area contributed by atoms with Gasteiger partial charge in [0, 0.05) is 18.5 Å². The highest BCUT2D eigenvalue weighted by atomic mass is 35.5. The van der Waals surface area contributed by atoms with Crippen LogP contribution in [0, 0.1) is 5.92 Å². The summed E-state index contributed by atoms with van der Waals surface area (Å²) in [6.45, 7) is 2.81. The average Bonchev–Trinajstić information content (AvgIpc) is 2.70. The minimum atomic E-state index is 0.389. The molecule has 0 spiro atoms. The molecule has 1 aliphatic rings. The van der Waals surface area contributed by atoms with Gasteiger partial charge in [0.1, 0.15) is 0 Å².